The van der Waals surface area contributed by atoms with Crippen LogP contribution in [0.5, 0.6) is 0 Å². The van der Waals surface area contributed by atoms with Gasteiger partial charge in [0.05, 0.1) is 0 Å². The number of likely N-dealkylation sites (tertiary alicyclic amines) is 1. The number of benzene rings is 1. The Bertz CT molecular complexity index is 434. The first-order chi connectivity index (χ1) is 8.24. The van der Waals surface area contributed by atoms with Crippen molar-refractivity contribution >= 4 is 21.8 Å². The van der Waals surface area contributed by atoms with Crippen molar-refractivity contribution in [3.63, 3.8) is 0 Å². The molecule has 2 unspecified atom stereocenters. The van der Waals surface area contributed by atoms with E-state index in [9.17, 15) is 4.79 Å². The van der Waals surface area contributed by atoms with E-state index in [2.05, 4.69) is 15.9 Å². The van der Waals surface area contributed by atoms with Crippen molar-refractivity contribution in [2.75, 3.05) is 13.1 Å². The molecule has 1 aliphatic heterocycles. The zero-order valence-electron chi connectivity index (χ0n) is 9.73. The van der Waals surface area contributed by atoms with E-state index in [1.807, 2.05) is 29.2 Å². The molecule has 1 saturated heterocycles. The SMILES string of the molecule is O=C(c1cccc(Br)c1)N1CC2CCCC2C1. The lowest BCUT2D eigenvalue weighted by molar-refractivity contribution is 0.0780. The van der Waals surface area contributed by atoms with Gasteiger partial charge in [0.1, 0.15) is 0 Å². The zero-order valence-corrected chi connectivity index (χ0v) is 11.3. The summed E-state index contributed by atoms with van der Waals surface area (Å²) in [6.45, 7) is 1.94. The summed E-state index contributed by atoms with van der Waals surface area (Å²) in [4.78, 5) is 14.4. The maximum atomic E-state index is 12.3. The van der Waals surface area contributed by atoms with Gasteiger partial charge in [0.2, 0.25) is 0 Å². The van der Waals surface area contributed by atoms with Gasteiger partial charge in [-0.3, -0.25) is 4.79 Å². The van der Waals surface area contributed by atoms with E-state index >= 15 is 0 Å². The number of amides is 1. The highest BCUT2D eigenvalue weighted by molar-refractivity contribution is 9.10. The minimum absolute atomic E-state index is 0.195. The number of rotatable bonds is 1. The third-order valence-electron chi connectivity index (χ3n) is 4.09. The van der Waals surface area contributed by atoms with Crippen LogP contribution in [-0.2, 0) is 0 Å². The zero-order chi connectivity index (χ0) is 11.8. The first-order valence-electron chi connectivity index (χ1n) is 6.29. The van der Waals surface area contributed by atoms with Crippen molar-refractivity contribution in [1.82, 2.24) is 4.90 Å². The van der Waals surface area contributed by atoms with E-state index in [-0.39, 0.29) is 5.91 Å². The lowest BCUT2D eigenvalue weighted by Gasteiger charge is -2.17. The number of halogens is 1. The molecule has 90 valence electrons. The van der Waals surface area contributed by atoms with Crippen LogP contribution in [0.3, 0.4) is 0 Å². The molecule has 2 aliphatic rings. The molecule has 1 heterocycles. The van der Waals surface area contributed by atoms with Crippen LogP contribution in [0.2, 0.25) is 0 Å². The van der Waals surface area contributed by atoms with Crippen molar-refractivity contribution in [2.24, 2.45) is 11.8 Å². The number of hydrogen-bond donors (Lipinski definition) is 0. The topological polar surface area (TPSA) is 20.3 Å². The molecule has 3 heteroatoms. The number of fused-ring (bicyclic) bond motifs is 1. The van der Waals surface area contributed by atoms with Crippen LogP contribution in [-0.4, -0.2) is 23.9 Å². The van der Waals surface area contributed by atoms with Crippen molar-refractivity contribution < 1.29 is 4.79 Å². The van der Waals surface area contributed by atoms with E-state index in [4.69, 9.17) is 0 Å². The second-order valence-corrected chi connectivity index (χ2v) is 6.09. The van der Waals surface area contributed by atoms with E-state index in [0.717, 1.165) is 35.0 Å². The van der Waals surface area contributed by atoms with Gasteiger partial charge >= 0.3 is 0 Å². The second kappa shape index (κ2) is 4.45. The lowest BCUT2D eigenvalue weighted by atomic mass is 10.0. The summed E-state index contributed by atoms with van der Waals surface area (Å²) in [6.07, 6.45) is 3.98. The van der Waals surface area contributed by atoms with Gasteiger partial charge in [-0.1, -0.05) is 28.4 Å². The summed E-state index contributed by atoms with van der Waals surface area (Å²) >= 11 is 3.42. The minimum atomic E-state index is 0.195. The highest BCUT2D eigenvalue weighted by atomic mass is 79.9. The van der Waals surface area contributed by atoms with Crippen LogP contribution in [0, 0.1) is 11.8 Å². The fraction of sp³-hybridized carbons (Fsp3) is 0.500. The predicted octanol–water partition coefficient (Wildman–Crippen LogP) is 3.32. The molecule has 0 spiro atoms. The summed E-state index contributed by atoms with van der Waals surface area (Å²) in [6, 6.07) is 7.70. The molecular formula is C14H16BrNO. The lowest BCUT2D eigenvalue weighted by Crippen LogP contribution is -2.29. The van der Waals surface area contributed by atoms with Gasteiger partial charge < -0.3 is 4.90 Å². The van der Waals surface area contributed by atoms with Crippen LogP contribution in [0.15, 0.2) is 28.7 Å². The third-order valence-corrected chi connectivity index (χ3v) is 4.58. The molecule has 2 fully saturated rings. The molecule has 0 aromatic heterocycles. The Labute approximate surface area is 110 Å². The third kappa shape index (κ3) is 2.13. The van der Waals surface area contributed by atoms with E-state index in [0.29, 0.717) is 0 Å². The summed E-state index contributed by atoms with van der Waals surface area (Å²) in [5.74, 6) is 1.73. The Morgan fingerprint density at radius 1 is 1.24 bits per heavy atom. The molecule has 2 nitrogen and oxygen atoms in total. The molecule has 1 amide bonds. The largest absolute Gasteiger partial charge is 0.338 e. The molecule has 1 aromatic carbocycles. The maximum absolute atomic E-state index is 12.3. The van der Waals surface area contributed by atoms with Crippen LogP contribution >= 0.6 is 15.9 Å². The molecule has 1 aliphatic carbocycles. The number of nitrogens with zero attached hydrogens (tertiary/aromatic N) is 1. The first-order valence-corrected chi connectivity index (χ1v) is 7.08. The molecule has 0 radical (unpaired) electrons. The molecule has 17 heavy (non-hydrogen) atoms. The average molecular weight is 294 g/mol. The fourth-order valence-electron chi connectivity index (χ4n) is 3.20. The molecule has 0 bridgehead atoms. The average Bonchev–Trinajstić information content (AvgIpc) is 2.88. The standard InChI is InChI=1S/C14H16BrNO/c15-13-6-2-3-10(7-13)14(17)16-8-11-4-1-5-12(11)9-16/h2-3,6-7,11-12H,1,4-5,8-9H2. The monoisotopic (exact) mass is 293 g/mol. The van der Waals surface area contributed by atoms with Gasteiger partial charge in [0.15, 0.2) is 0 Å². The van der Waals surface area contributed by atoms with E-state index in [1.165, 1.54) is 19.3 Å². The Hall–Kier alpha value is -0.830. The first kappa shape index (κ1) is 11.3. The normalized spacial score (nSPS) is 27.2. The van der Waals surface area contributed by atoms with Crippen LogP contribution in [0.1, 0.15) is 29.6 Å². The highest BCUT2D eigenvalue weighted by Gasteiger charge is 2.38. The van der Waals surface area contributed by atoms with Crippen LogP contribution < -0.4 is 0 Å². The van der Waals surface area contributed by atoms with Gasteiger partial charge in [0, 0.05) is 23.1 Å². The quantitative estimate of drug-likeness (QED) is 0.778. The number of carbonyl (C=O) groups excluding carboxylic acids is 1. The van der Waals surface area contributed by atoms with Gasteiger partial charge in [-0.2, -0.15) is 0 Å². The maximum Gasteiger partial charge on any atom is 0.253 e. The van der Waals surface area contributed by atoms with Gasteiger partial charge in [0.25, 0.3) is 5.91 Å². The summed E-state index contributed by atoms with van der Waals surface area (Å²) in [5.41, 5.74) is 0.805. The van der Waals surface area contributed by atoms with Crippen molar-refractivity contribution in [1.29, 1.82) is 0 Å². The Kier molecular flexibility index (Phi) is 2.95. The summed E-state index contributed by atoms with van der Waals surface area (Å²) in [5, 5.41) is 0. The minimum Gasteiger partial charge on any atom is -0.338 e. The van der Waals surface area contributed by atoms with Crippen molar-refractivity contribution in [2.45, 2.75) is 19.3 Å². The van der Waals surface area contributed by atoms with Gasteiger partial charge in [-0.15, -0.1) is 0 Å². The molecule has 3 rings (SSSR count). The second-order valence-electron chi connectivity index (χ2n) is 5.17. The Morgan fingerprint density at radius 2 is 1.94 bits per heavy atom. The van der Waals surface area contributed by atoms with Crippen LogP contribution in [0.25, 0.3) is 0 Å². The number of hydrogen-bond acceptors (Lipinski definition) is 1. The number of carbonyl (C=O) groups is 1. The fourth-order valence-corrected chi connectivity index (χ4v) is 3.60. The highest BCUT2D eigenvalue weighted by Crippen LogP contribution is 2.38. The van der Waals surface area contributed by atoms with E-state index < -0.39 is 0 Å². The Balaban J connectivity index is 1.75. The van der Waals surface area contributed by atoms with E-state index in [1.54, 1.807) is 0 Å². The van der Waals surface area contributed by atoms with Crippen molar-refractivity contribution in [3.05, 3.63) is 34.3 Å². The van der Waals surface area contributed by atoms with Crippen molar-refractivity contribution in [3.8, 4) is 0 Å². The molecule has 1 aromatic rings. The molecular weight excluding hydrogens is 278 g/mol. The molecule has 0 N–H and O–H groups in total. The summed E-state index contributed by atoms with van der Waals surface area (Å²) < 4.78 is 0.975. The van der Waals surface area contributed by atoms with Gasteiger partial charge in [-0.05, 0) is 42.9 Å². The smallest absolute Gasteiger partial charge is 0.253 e. The molecule has 2 atom stereocenters. The predicted molar refractivity (Wildman–Crippen MR) is 70.9 cm³/mol. The summed E-state index contributed by atoms with van der Waals surface area (Å²) in [7, 11) is 0. The van der Waals surface area contributed by atoms with Gasteiger partial charge in [-0.25, -0.2) is 0 Å². The Morgan fingerprint density at radius 3 is 2.59 bits per heavy atom. The molecule has 1 saturated carbocycles. The van der Waals surface area contributed by atoms with Crippen LogP contribution in [0.4, 0.5) is 0 Å².